The van der Waals surface area contributed by atoms with Crippen LogP contribution in [0.1, 0.15) is 30.1 Å². The predicted molar refractivity (Wildman–Crippen MR) is 105 cm³/mol. The van der Waals surface area contributed by atoms with Crippen molar-refractivity contribution in [3.63, 3.8) is 0 Å². The zero-order valence-corrected chi connectivity index (χ0v) is 16.0. The molecule has 1 aliphatic heterocycles. The van der Waals surface area contributed by atoms with Gasteiger partial charge in [-0.05, 0) is 61.2 Å². The summed E-state index contributed by atoms with van der Waals surface area (Å²) in [6.07, 6.45) is 2.37. The summed E-state index contributed by atoms with van der Waals surface area (Å²) in [5, 5.41) is 2.80. The predicted octanol–water partition coefficient (Wildman–Crippen LogP) is 4.79. The lowest BCUT2D eigenvalue weighted by Crippen LogP contribution is -2.32. The Balaban J connectivity index is 1.66. The highest BCUT2D eigenvalue weighted by Gasteiger charge is 2.17. The van der Waals surface area contributed by atoms with Crippen LogP contribution in [0.4, 0.5) is 20.2 Å². The van der Waals surface area contributed by atoms with Gasteiger partial charge in [0.05, 0.1) is 7.11 Å². The van der Waals surface area contributed by atoms with E-state index in [1.165, 1.54) is 38.2 Å². The van der Waals surface area contributed by atoms with Gasteiger partial charge in [-0.3, -0.25) is 4.79 Å². The van der Waals surface area contributed by atoms with Gasteiger partial charge in [0.15, 0.2) is 11.5 Å². The smallest absolute Gasteiger partial charge is 0.387 e. The standard InChI is InChI=1S/C21H24F2N2O3/c1-14-9-11-25(12-10-14)17-6-4-16(5-7-17)24-20(26)15-3-8-18(28-21(22)23)19(13-15)27-2/h3-8,13-14,21H,9-12H2,1-2H3,(H,24,26). The fraction of sp³-hybridized carbons (Fsp3) is 0.381. The summed E-state index contributed by atoms with van der Waals surface area (Å²) in [5.41, 5.74) is 2.08. The average molecular weight is 390 g/mol. The Morgan fingerprint density at radius 1 is 1.11 bits per heavy atom. The van der Waals surface area contributed by atoms with Gasteiger partial charge in [0.2, 0.25) is 0 Å². The maximum Gasteiger partial charge on any atom is 0.387 e. The number of ether oxygens (including phenoxy) is 2. The molecule has 2 aromatic rings. The number of methoxy groups -OCH3 is 1. The fourth-order valence-corrected chi connectivity index (χ4v) is 3.23. The summed E-state index contributed by atoms with van der Waals surface area (Å²) in [6.45, 7) is 1.39. The number of nitrogens with zero attached hydrogens (tertiary/aromatic N) is 1. The third-order valence-electron chi connectivity index (χ3n) is 4.92. The molecule has 0 saturated carbocycles. The van der Waals surface area contributed by atoms with Crippen LogP contribution < -0.4 is 19.7 Å². The molecule has 0 spiro atoms. The quantitative estimate of drug-likeness (QED) is 0.771. The van der Waals surface area contributed by atoms with Crippen molar-refractivity contribution >= 4 is 17.3 Å². The number of carbonyl (C=O) groups is 1. The number of rotatable bonds is 6. The molecule has 5 nitrogen and oxygen atoms in total. The van der Waals surface area contributed by atoms with E-state index in [0.29, 0.717) is 5.69 Å². The van der Waals surface area contributed by atoms with E-state index in [0.717, 1.165) is 24.7 Å². The highest BCUT2D eigenvalue weighted by molar-refractivity contribution is 6.04. The number of carbonyl (C=O) groups excluding carboxylic acids is 1. The molecule has 0 unspecified atom stereocenters. The number of piperidine rings is 1. The van der Waals surface area contributed by atoms with Gasteiger partial charge in [-0.25, -0.2) is 0 Å². The zero-order chi connectivity index (χ0) is 20.1. The molecule has 1 N–H and O–H groups in total. The summed E-state index contributed by atoms with van der Waals surface area (Å²) in [5.74, 6) is 0.364. The number of hydrogen-bond acceptors (Lipinski definition) is 4. The minimum Gasteiger partial charge on any atom is -0.493 e. The van der Waals surface area contributed by atoms with Crippen molar-refractivity contribution in [2.24, 2.45) is 5.92 Å². The number of benzene rings is 2. The maximum absolute atomic E-state index is 12.5. The van der Waals surface area contributed by atoms with Gasteiger partial charge in [-0.2, -0.15) is 8.78 Å². The Kier molecular flexibility index (Phi) is 6.34. The number of nitrogens with one attached hydrogen (secondary N) is 1. The van der Waals surface area contributed by atoms with Gasteiger partial charge in [-0.15, -0.1) is 0 Å². The summed E-state index contributed by atoms with van der Waals surface area (Å²) >= 11 is 0. The Morgan fingerprint density at radius 3 is 2.39 bits per heavy atom. The van der Waals surface area contributed by atoms with Crippen molar-refractivity contribution in [1.29, 1.82) is 0 Å². The number of amides is 1. The molecule has 28 heavy (non-hydrogen) atoms. The van der Waals surface area contributed by atoms with E-state index in [-0.39, 0.29) is 23.0 Å². The van der Waals surface area contributed by atoms with Crippen LogP contribution in [0.3, 0.4) is 0 Å². The molecule has 0 radical (unpaired) electrons. The third kappa shape index (κ3) is 4.91. The highest BCUT2D eigenvalue weighted by Crippen LogP contribution is 2.30. The van der Waals surface area contributed by atoms with Gasteiger partial charge in [0.1, 0.15) is 0 Å². The first-order valence-corrected chi connectivity index (χ1v) is 9.25. The highest BCUT2D eigenvalue weighted by atomic mass is 19.3. The Morgan fingerprint density at radius 2 is 1.79 bits per heavy atom. The van der Waals surface area contributed by atoms with E-state index in [2.05, 4.69) is 21.9 Å². The van der Waals surface area contributed by atoms with Crippen molar-refractivity contribution in [3.05, 3.63) is 48.0 Å². The molecular weight excluding hydrogens is 366 g/mol. The Labute approximate surface area is 163 Å². The first kappa shape index (κ1) is 19.9. The number of alkyl halides is 2. The molecule has 1 saturated heterocycles. The van der Waals surface area contributed by atoms with Crippen molar-refractivity contribution in [1.82, 2.24) is 0 Å². The molecule has 2 aromatic carbocycles. The van der Waals surface area contributed by atoms with Gasteiger partial charge in [0, 0.05) is 30.0 Å². The molecule has 0 aromatic heterocycles. The summed E-state index contributed by atoms with van der Waals surface area (Å²) < 4.78 is 34.2. The van der Waals surface area contributed by atoms with Crippen LogP contribution in [0.5, 0.6) is 11.5 Å². The molecule has 0 aliphatic carbocycles. The monoisotopic (exact) mass is 390 g/mol. The SMILES string of the molecule is COc1cc(C(=O)Nc2ccc(N3CCC(C)CC3)cc2)ccc1OC(F)F. The molecule has 3 rings (SSSR count). The van der Waals surface area contributed by atoms with Crippen LogP contribution in [0.25, 0.3) is 0 Å². The van der Waals surface area contributed by atoms with Crippen molar-refractivity contribution in [2.45, 2.75) is 26.4 Å². The lowest BCUT2D eigenvalue weighted by molar-refractivity contribution is -0.0512. The zero-order valence-electron chi connectivity index (χ0n) is 16.0. The minimum atomic E-state index is -2.96. The lowest BCUT2D eigenvalue weighted by atomic mass is 9.99. The van der Waals surface area contributed by atoms with Gasteiger partial charge in [-0.1, -0.05) is 6.92 Å². The van der Waals surface area contributed by atoms with Crippen molar-refractivity contribution < 1.29 is 23.0 Å². The fourth-order valence-electron chi connectivity index (χ4n) is 3.23. The van der Waals surface area contributed by atoms with E-state index in [9.17, 15) is 13.6 Å². The van der Waals surface area contributed by atoms with Crippen molar-refractivity contribution in [3.8, 4) is 11.5 Å². The third-order valence-corrected chi connectivity index (χ3v) is 4.92. The maximum atomic E-state index is 12.5. The van der Waals surface area contributed by atoms with Crippen LogP contribution in [0.15, 0.2) is 42.5 Å². The van der Waals surface area contributed by atoms with Gasteiger partial charge >= 0.3 is 6.61 Å². The van der Waals surface area contributed by atoms with Crippen LogP contribution in [0.2, 0.25) is 0 Å². The molecule has 1 aliphatic rings. The van der Waals surface area contributed by atoms with E-state index in [1.807, 2.05) is 24.3 Å². The molecule has 0 bridgehead atoms. The largest absolute Gasteiger partial charge is 0.493 e. The average Bonchev–Trinajstić information content (AvgIpc) is 2.69. The number of halogens is 2. The van der Waals surface area contributed by atoms with Crippen molar-refractivity contribution in [2.75, 3.05) is 30.4 Å². The molecule has 7 heteroatoms. The van der Waals surface area contributed by atoms with Gasteiger partial charge in [0.25, 0.3) is 5.91 Å². The van der Waals surface area contributed by atoms with Crippen LogP contribution >= 0.6 is 0 Å². The molecular formula is C21H24F2N2O3. The van der Waals surface area contributed by atoms with Crippen LogP contribution in [0, 0.1) is 5.92 Å². The number of hydrogen-bond donors (Lipinski definition) is 1. The Bertz CT molecular complexity index is 804. The van der Waals surface area contributed by atoms with E-state index >= 15 is 0 Å². The molecule has 150 valence electrons. The van der Waals surface area contributed by atoms with Gasteiger partial charge < -0.3 is 19.7 Å². The lowest BCUT2D eigenvalue weighted by Gasteiger charge is -2.32. The minimum absolute atomic E-state index is 0.0719. The first-order chi connectivity index (χ1) is 13.5. The van der Waals surface area contributed by atoms with E-state index < -0.39 is 6.61 Å². The Hall–Kier alpha value is -2.83. The molecule has 0 atom stereocenters. The number of anilines is 2. The summed E-state index contributed by atoms with van der Waals surface area (Å²) in [7, 11) is 1.33. The molecule has 1 fully saturated rings. The first-order valence-electron chi connectivity index (χ1n) is 9.25. The van der Waals surface area contributed by atoms with E-state index in [4.69, 9.17) is 4.74 Å². The van der Waals surface area contributed by atoms with E-state index in [1.54, 1.807) is 0 Å². The molecule has 1 amide bonds. The summed E-state index contributed by atoms with van der Waals surface area (Å²) in [4.78, 5) is 14.8. The normalized spacial score (nSPS) is 14.8. The topological polar surface area (TPSA) is 50.8 Å². The molecule has 1 heterocycles. The van der Waals surface area contributed by atoms with Crippen LogP contribution in [-0.4, -0.2) is 32.7 Å². The second-order valence-corrected chi connectivity index (χ2v) is 6.91. The summed E-state index contributed by atoms with van der Waals surface area (Å²) in [6, 6.07) is 11.8. The second-order valence-electron chi connectivity index (χ2n) is 6.91. The van der Waals surface area contributed by atoms with Crippen LogP contribution in [-0.2, 0) is 0 Å². The second kappa shape index (κ2) is 8.91.